The van der Waals surface area contributed by atoms with E-state index in [4.69, 9.17) is 21.1 Å². The first kappa shape index (κ1) is 20.9. The maximum atomic E-state index is 12.4. The molecule has 1 saturated heterocycles. The lowest BCUT2D eigenvalue weighted by atomic mass is 9.85. The molecular weight excluding hydrogens is 400 g/mol. The van der Waals surface area contributed by atoms with Gasteiger partial charge < -0.3 is 20.1 Å². The van der Waals surface area contributed by atoms with E-state index >= 15 is 0 Å². The Hall–Kier alpha value is -2.40. The first-order chi connectivity index (χ1) is 14.6. The number of benzene rings is 2. The van der Waals surface area contributed by atoms with Gasteiger partial charge in [0, 0.05) is 29.7 Å². The van der Waals surface area contributed by atoms with Crippen molar-refractivity contribution < 1.29 is 14.3 Å². The van der Waals surface area contributed by atoms with Crippen molar-refractivity contribution in [2.45, 2.75) is 44.1 Å². The van der Waals surface area contributed by atoms with Crippen LogP contribution < -0.4 is 20.1 Å². The Morgan fingerprint density at radius 3 is 2.60 bits per heavy atom. The quantitative estimate of drug-likeness (QED) is 0.651. The number of nitrogens with one attached hydrogen (secondary N) is 2. The van der Waals surface area contributed by atoms with Crippen LogP contribution in [0.2, 0.25) is 5.02 Å². The van der Waals surface area contributed by atoms with E-state index in [-0.39, 0.29) is 23.8 Å². The van der Waals surface area contributed by atoms with E-state index in [1.807, 2.05) is 30.3 Å². The van der Waals surface area contributed by atoms with Crippen LogP contribution in [-0.4, -0.2) is 32.2 Å². The monoisotopic (exact) mass is 428 g/mol. The minimum atomic E-state index is -0.0965. The third kappa shape index (κ3) is 5.01. The van der Waals surface area contributed by atoms with Gasteiger partial charge in [0.05, 0.1) is 19.1 Å². The lowest BCUT2D eigenvalue weighted by molar-refractivity contribution is -0.126. The number of hydrogen-bond donors (Lipinski definition) is 2. The van der Waals surface area contributed by atoms with Crippen molar-refractivity contribution >= 4 is 23.2 Å². The van der Waals surface area contributed by atoms with Gasteiger partial charge in [-0.15, -0.1) is 0 Å². The zero-order valence-electron chi connectivity index (χ0n) is 17.3. The van der Waals surface area contributed by atoms with Crippen molar-refractivity contribution in [3.63, 3.8) is 0 Å². The zero-order valence-corrected chi connectivity index (χ0v) is 18.1. The maximum absolute atomic E-state index is 12.4. The fraction of sp³-hybridized carbons (Fsp3) is 0.458. The SMILES string of the molecule is COc1ccc([C@H]2CNC(=O)[C@H](CNc3ccc(Cl)cc3)C2)cc1OC1CCCC1. The Kier molecular flexibility index (Phi) is 6.68. The standard InChI is InChI=1S/C24H29ClN2O3/c1-29-22-11-6-16(13-23(22)30-21-4-2-3-5-21)17-12-18(24(28)27-14-17)15-26-20-9-7-19(25)8-10-20/h6-11,13,17-18,21,26H,2-5,12,14-15H2,1H3,(H,27,28)/t17-,18+/m1/s1. The molecule has 1 aliphatic carbocycles. The summed E-state index contributed by atoms with van der Waals surface area (Å²) in [6.45, 7) is 1.23. The summed E-state index contributed by atoms with van der Waals surface area (Å²) in [6, 6.07) is 13.7. The fourth-order valence-electron chi connectivity index (χ4n) is 4.37. The fourth-order valence-corrected chi connectivity index (χ4v) is 4.49. The second-order valence-corrected chi connectivity index (χ2v) is 8.63. The smallest absolute Gasteiger partial charge is 0.224 e. The van der Waals surface area contributed by atoms with Gasteiger partial charge in [-0.25, -0.2) is 0 Å². The minimum Gasteiger partial charge on any atom is -0.493 e. The van der Waals surface area contributed by atoms with E-state index in [9.17, 15) is 4.79 Å². The van der Waals surface area contributed by atoms with Gasteiger partial charge in [-0.1, -0.05) is 17.7 Å². The molecule has 5 nitrogen and oxygen atoms in total. The number of carbonyl (C=O) groups excluding carboxylic acids is 1. The zero-order chi connectivity index (χ0) is 20.9. The number of piperidine rings is 1. The summed E-state index contributed by atoms with van der Waals surface area (Å²) in [7, 11) is 1.68. The summed E-state index contributed by atoms with van der Waals surface area (Å²) in [5, 5.41) is 7.13. The molecule has 2 N–H and O–H groups in total. The lowest BCUT2D eigenvalue weighted by Crippen LogP contribution is -2.43. The molecule has 30 heavy (non-hydrogen) atoms. The highest BCUT2D eigenvalue weighted by Gasteiger charge is 2.30. The van der Waals surface area contributed by atoms with E-state index in [1.54, 1.807) is 7.11 Å². The first-order valence-corrected chi connectivity index (χ1v) is 11.1. The van der Waals surface area contributed by atoms with Gasteiger partial charge in [0.2, 0.25) is 5.91 Å². The van der Waals surface area contributed by atoms with Crippen LogP contribution in [0.25, 0.3) is 0 Å². The van der Waals surface area contributed by atoms with E-state index in [0.29, 0.717) is 18.1 Å². The molecule has 2 atom stereocenters. The maximum Gasteiger partial charge on any atom is 0.224 e. The highest BCUT2D eigenvalue weighted by molar-refractivity contribution is 6.30. The van der Waals surface area contributed by atoms with Crippen LogP contribution in [0.5, 0.6) is 11.5 Å². The average molecular weight is 429 g/mol. The number of carbonyl (C=O) groups is 1. The highest BCUT2D eigenvalue weighted by Crippen LogP contribution is 2.36. The largest absolute Gasteiger partial charge is 0.493 e. The van der Waals surface area contributed by atoms with Crippen molar-refractivity contribution in [1.29, 1.82) is 0 Å². The number of methoxy groups -OCH3 is 1. The highest BCUT2D eigenvalue weighted by atomic mass is 35.5. The molecule has 4 rings (SSSR count). The summed E-state index contributed by atoms with van der Waals surface area (Å²) >= 11 is 5.95. The van der Waals surface area contributed by atoms with Crippen LogP contribution in [0.3, 0.4) is 0 Å². The van der Waals surface area contributed by atoms with E-state index in [1.165, 1.54) is 18.4 Å². The number of anilines is 1. The topological polar surface area (TPSA) is 59.6 Å². The third-order valence-electron chi connectivity index (χ3n) is 6.11. The Bertz CT molecular complexity index is 865. The van der Waals surface area contributed by atoms with Crippen LogP contribution >= 0.6 is 11.6 Å². The molecule has 0 aromatic heterocycles. The van der Waals surface area contributed by atoms with Gasteiger partial charge in [0.1, 0.15) is 0 Å². The molecule has 2 aromatic rings. The Morgan fingerprint density at radius 1 is 1.10 bits per heavy atom. The molecule has 2 fully saturated rings. The van der Waals surface area contributed by atoms with Crippen molar-refractivity contribution in [3.8, 4) is 11.5 Å². The molecule has 1 amide bonds. The average Bonchev–Trinajstić information content (AvgIpc) is 3.27. The molecular formula is C24H29ClN2O3. The molecule has 0 radical (unpaired) electrons. The molecule has 1 aliphatic heterocycles. The van der Waals surface area contributed by atoms with Crippen LogP contribution in [-0.2, 0) is 4.79 Å². The van der Waals surface area contributed by atoms with Gasteiger partial charge in [0.15, 0.2) is 11.5 Å². The predicted molar refractivity (Wildman–Crippen MR) is 120 cm³/mol. The first-order valence-electron chi connectivity index (χ1n) is 10.7. The van der Waals surface area contributed by atoms with Gasteiger partial charge >= 0.3 is 0 Å². The minimum absolute atomic E-state index is 0.0965. The van der Waals surface area contributed by atoms with E-state index in [0.717, 1.165) is 36.4 Å². The molecule has 2 aromatic carbocycles. The normalized spacial score (nSPS) is 21.9. The van der Waals surface area contributed by atoms with Gasteiger partial charge in [0.25, 0.3) is 0 Å². The molecule has 1 heterocycles. The van der Waals surface area contributed by atoms with Gasteiger partial charge in [-0.2, -0.15) is 0 Å². The molecule has 0 bridgehead atoms. The molecule has 160 valence electrons. The van der Waals surface area contributed by atoms with Crippen LogP contribution in [0.1, 0.15) is 43.6 Å². The molecule has 1 saturated carbocycles. The van der Waals surface area contributed by atoms with E-state index in [2.05, 4.69) is 22.8 Å². The van der Waals surface area contributed by atoms with Crippen LogP contribution in [0.15, 0.2) is 42.5 Å². The number of ether oxygens (including phenoxy) is 2. The number of rotatable bonds is 7. The number of amides is 1. The lowest BCUT2D eigenvalue weighted by Gasteiger charge is -2.30. The molecule has 6 heteroatoms. The second-order valence-electron chi connectivity index (χ2n) is 8.20. The third-order valence-corrected chi connectivity index (χ3v) is 6.37. The van der Waals surface area contributed by atoms with Crippen LogP contribution in [0, 0.1) is 5.92 Å². The Balaban J connectivity index is 1.43. The van der Waals surface area contributed by atoms with E-state index < -0.39 is 0 Å². The Morgan fingerprint density at radius 2 is 1.87 bits per heavy atom. The predicted octanol–water partition coefficient (Wildman–Crippen LogP) is 5.00. The molecule has 2 aliphatic rings. The van der Waals surface area contributed by atoms with Crippen molar-refractivity contribution in [2.75, 3.05) is 25.5 Å². The van der Waals surface area contributed by atoms with Crippen molar-refractivity contribution in [1.82, 2.24) is 5.32 Å². The van der Waals surface area contributed by atoms with Crippen molar-refractivity contribution in [2.24, 2.45) is 5.92 Å². The number of hydrogen-bond acceptors (Lipinski definition) is 4. The van der Waals surface area contributed by atoms with Gasteiger partial charge in [-0.05, 0) is 74.1 Å². The number of halogens is 1. The summed E-state index contributed by atoms with van der Waals surface area (Å²) in [5.74, 6) is 1.84. The van der Waals surface area contributed by atoms with Crippen molar-refractivity contribution in [3.05, 3.63) is 53.1 Å². The summed E-state index contributed by atoms with van der Waals surface area (Å²) in [6.07, 6.45) is 5.72. The molecule has 0 unspecified atom stereocenters. The van der Waals surface area contributed by atoms with Crippen LogP contribution in [0.4, 0.5) is 5.69 Å². The summed E-state index contributed by atoms with van der Waals surface area (Å²) < 4.78 is 11.8. The summed E-state index contributed by atoms with van der Waals surface area (Å²) in [4.78, 5) is 12.4. The molecule has 0 spiro atoms. The van der Waals surface area contributed by atoms with Gasteiger partial charge in [-0.3, -0.25) is 4.79 Å². The second kappa shape index (κ2) is 9.61. The summed E-state index contributed by atoms with van der Waals surface area (Å²) in [5.41, 5.74) is 2.14. The Labute approximate surface area is 183 Å².